The molecule has 1 fully saturated rings. The molecule has 0 aliphatic carbocycles. The van der Waals surface area contributed by atoms with Crippen molar-refractivity contribution in [1.82, 2.24) is 10.2 Å². The zero-order valence-corrected chi connectivity index (χ0v) is 11.8. The molecule has 4 nitrogen and oxygen atoms in total. The number of hydrogen-bond acceptors (Lipinski definition) is 4. The van der Waals surface area contributed by atoms with Crippen LogP contribution in [0.3, 0.4) is 0 Å². The Morgan fingerprint density at radius 2 is 2.16 bits per heavy atom. The van der Waals surface area contributed by atoms with E-state index in [1.165, 1.54) is 7.11 Å². The van der Waals surface area contributed by atoms with Crippen molar-refractivity contribution in [3.8, 4) is 0 Å². The number of nitrogens with one attached hydrogen (secondary N) is 1. The van der Waals surface area contributed by atoms with Crippen molar-refractivity contribution < 1.29 is 9.53 Å². The first kappa shape index (κ1) is 14.3. The van der Waals surface area contributed by atoms with E-state index in [1.54, 1.807) is 0 Å². The molecular formula is C14H19ClN2O2. The topological polar surface area (TPSA) is 41.6 Å². The van der Waals surface area contributed by atoms with Gasteiger partial charge in [0.1, 0.15) is 6.04 Å². The van der Waals surface area contributed by atoms with E-state index in [4.69, 9.17) is 16.3 Å². The lowest BCUT2D eigenvalue weighted by molar-refractivity contribution is -0.147. The molecular weight excluding hydrogens is 264 g/mol. The number of benzene rings is 1. The molecule has 1 aliphatic rings. The summed E-state index contributed by atoms with van der Waals surface area (Å²) in [5.74, 6) is -0.255. The first-order valence-electron chi connectivity index (χ1n) is 6.51. The first-order chi connectivity index (χ1) is 9.24. The number of carbonyl (C=O) groups is 1. The van der Waals surface area contributed by atoms with Gasteiger partial charge in [0.25, 0.3) is 0 Å². The second-order valence-electron chi connectivity index (χ2n) is 4.59. The molecule has 104 valence electrons. The van der Waals surface area contributed by atoms with Crippen LogP contribution in [-0.4, -0.2) is 44.2 Å². The molecule has 19 heavy (non-hydrogen) atoms. The van der Waals surface area contributed by atoms with E-state index < -0.39 is 6.04 Å². The van der Waals surface area contributed by atoms with Crippen LogP contribution in [-0.2, 0) is 9.53 Å². The van der Waals surface area contributed by atoms with E-state index in [2.05, 4.69) is 10.2 Å². The maximum atomic E-state index is 12.1. The highest BCUT2D eigenvalue weighted by atomic mass is 35.5. The Morgan fingerprint density at radius 3 is 2.89 bits per heavy atom. The molecule has 0 aromatic heterocycles. The number of hydrogen-bond donors (Lipinski definition) is 1. The van der Waals surface area contributed by atoms with Crippen molar-refractivity contribution in [2.24, 2.45) is 0 Å². The summed E-state index contributed by atoms with van der Waals surface area (Å²) in [5.41, 5.74) is 0.818. The molecule has 1 heterocycles. The van der Waals surface area contributed by atoms with E-state index in [0.717, 1.165) is 38.2 Å². The monoisotopic (exact) mass is 282 g/mol. The predicted octanol–water partition coefficient (Wildman–Crippen LogP) is 1.85. The van der Waals surface area contributed by atoms with Gasteiger partial charge >= 0.3 is 5.97 Å². The fourth-order valence-corrected chi connectivity index (χ4v) is 2.65. The summed E-state index contributed by atoms with van der Waals surface area (Å²) in [6, 6.07) is 7.04. The van der Waals surface area contributed by atoms with Crippen LogP contribution < -0.4 is 5.32 Å². The molecule has 0 saturated carbocycles. The van der Waals surface area contributed by atoms with Crippen LogP contribution in [0.2, 0.25) is 5.02 Å². The van der Waals surface area contributed by atoms with Crippen molar-refractivity contribution in [1.29, 1.82) is 0 Å². The minimum Gasteiger partial charge on any atom is -0.468 e. The van der Waals surface area contributed by atoms with E-state index in [-0.39, 0.29) is 5.97 Å². The van der Waals surface area contributed by atoms with Gasteiger partial charge in [-0.3, -0.25) is 4.90 Å². The Balaban J connectivity index is 2.30. The molecule has 1 unspecified atom stereocenters. The fraction of sp³-hybridized carbons (Fsp3) is 0.500. The molecule has 0 bridgehead atoms. The number of rotatable bonds is 3. The molecule has 0 spiro atoms. The average molecular weight is 283 g/mol. The molecule has 5 heteroatoms. The smallest absolute Gasteiger partial charge is 0.327 e. The third-order valence-electron chi connectivity index (χ3n) is 3.36. The van der Waals surface area contributed by atoms with Gasteiger partial charge in [-0.15, -0.1) is 0 Å². The molecule has 0 amide bonds. The summed E-state index contributed by atoms with van der Waals surface area (Å²) in [5, 5.41) is 3.93. The van der Waals surface area contributed by atoms with Crippen molar-refractivity contribution in [3.05, 3.63) is 34.9 Å². The fourth-order valence-electron chi connectivity index (χ4n) is 2.41. The first-order valence-corrected chi connectivity index (χ1v) is 6.89. The predicted molar refractivity (Wildman–Crippen MR) is 75.3 cm³/mol. The third-order valence-corrected chi connectivity index (χ3v) is 3.71. The number of halogens is 1. The van der Waals surface area contributed by atoms with Crippen molar-refractivity contribution in [2.45, 2.75) is 12.5 Å². The van der Waals surface area contributed by atoms with Gasteiger partial charge < -0.3 is 10.1 Å². The van der Waals surface area contributed by atoms with Crippen molar-refractivity contribution in [2.75, 3.05) is 33.3 Å². The van der Waals surface area contributed by atoms with Crippen molar-refractivity contribution in [3.63, 3.8) is 0 Å². The maximum absolute atomic E-state index is 12.1. The number of methoxy groups -OCH3 is 1. The molecule has 1 aliphatic heterocycles. The van der Waals surface area contributed by atoms with E-state index >= 15 is 0 Å². The summed E-state index contributed by atoms with van der Waals surface area (Å²) in [6.07, 6.45) is 1.01. The van der Waals surface area contributed by atoms with Crippen LogP contribution >= 0.6 is 11.6 Å². The summed E-state index contributed by atoms with van der Waals surface area (Å²) >= 11 is 6.23. The molecule has 1 saturated heterocycles. The minimum absolute atomic E-state index is 0.255. The zero-order valence-electron chi connectivity index (χ0n) is 11.1. The average Bonchev–Trinajstić information content (AvgIpc) is 2.70. The largest absolute Gasteiger partial charge is 0.468 e. The normalized spacial score (nSPS) is 18.6. The van der Waals surface area contributed by atoms with Crippen molar-refractivity contribution >= 4 is 17.6 Å². The van der Waals surface area contributed by atoms with Crippen LogP contribution in [0.25, 0.3) is 0 Å². The highest BCUT2D eigenvalue weighted by Crippen LogP contribution is 2.28. The summed E-state index contributed by atoms with van der Waals surface area (Å²) in [6.45, 7) is 3.52. The van der Waals surface area contributed by atoms with E-state index in [0.29, 0.717) is 5.02 Å². The highest BCUT2D eigenvalue weighted by Gasteiger charge is 2.30. The lowest BCUT2D eigenvalue weighted by Gasteiger charge is -2.29. The van der Waals surface area contributed by atoms with Crippen LogP contribution in [0.1, 0.15) is 18.0 Å². The number of esters is 1. The highest BCUT2D eigenvalue weighted by molar-refractivity contribution is 6.31. The Labute approximate surface area is 118 Å². The summed E-state index contributed by atoms with van der Waals surface area (Å²) < 4.78 is 4.96. The minimum atomic E-state index is -0.418. The number of ether oxygens (including phenoxy) is 1. The summed E-state index contributed by atoms with van der Waals surface area (Å²) in [7, 11) is 1.42. The second kappa shape index (κ2) is 6.89. The Kier molecular flexibility index (Phi) is 5.19. The van der Waals surface area contributed by atoms with Crippen LogP contribution in [0.15, 0.2) is 24.3 Å². The summed E-state index contributed by atoms with van der Waals surface area (Å²) in [4.78, 5) is 14.3. The number of carbonyl (C=O) groups excluding carboxylic acids is 1. The lowest BCUT2D eigenvalue weighted by atomic mass is 10.0. The second-order valence-corrected chi connectivity index (χ2v) is 4.99. The quantitative estimate of drug-likeness (QED) is 0.859. The van der Waals surface area contributed by atoms with E-state index in [1.807, 2.05) is 24.3 Å². The molecule has 1 aromatic carbocycles. The zero-order chi connectivity index (χ0) is 13.7. The van der Waals surface area contributed by atoms with Gasteiger partial charge in [0.2, 0.25) is 0 Å². The van der Waals surface area contributed by atoms with E-state index in [9.17, 15) is 4.79 Å². The Hall–Kier alpha value is -1.10. The van der Waals surface area contributed by atoms with Gasteiger partial charge in [-0.25, -0.2) is 4.79 Å². The third kappa shape index (κ3) is 3.47. The molecule has 2 rings (SSSR count). The standard InChI is InChI=1S/C14H19ClN2O2/c1-19-14(18)13(11-5-2-3-6-12(11)15)17-9-4-7-16-8-10-17/h2-3,5-6,13,16H,4,7-10H2,1H3. The lowest BCUT2D eigenvalue weighted by Crippen LogP contribution is -2.37. The Morgan fingerprint density at radius 1 is 1.37 bits per heavy atom. The van der Waals surface area contributed by atoms with Gasteiger partial charge in [0.05, 0.1) is 7.11 Å². The van der Waals surface area contributed by atoms with Gasteiger partial charge in [0, 0.05) is 24.7 Å². The molecule has 1 aromatic rings. The van der Waals surface area contributed by atoms with Gasteiger partial charge in [-0.2, -0.15) is 0 Å². The SMILES string of the molecule is COC(=O)C(c1ccccc1Cl)N1CCCNCC1. The van der Waals surface area contributed by atoms with Gasteiger partial charge in [-0.05, 0) is 24.6 Å². The van der Waals surface area contributed by atoms with Crippen LogP contribution in [0.4, 0.5) is 0 Å². The molecule has 1 atom stereocenters. The number of nitrogens with zero attached hydrogens (tertiary/aromatic N) is 1. The van der Waals surface area contributed by atoms with Crippen LogP contribution in [0, 0.1) is 0 Å². The van der Waals surface area contributed by atoms with Crippen LogP contribution in [0.5, 0.6) is 0 Å². The Bertz CT molecular complexity index is 431. The molecule has 0 radical (unpaired) electrons. The molecule has 1 N–H and O–H groups in total. The van der Waals surface area contributed by atoms with Gasteiger partial charge in [0.15, 0.2) is 0 Å². The van der Waals surface area contributed by atoms with Gasteiger partial charge in [-0.1, -0.05) is 29.8 Å². The maximum Gasteiger partial charge on any atom is 0.327 e.